The highest BCUT2D eigenvalue weighted by Gasteiger charge is 2.18. The molecule has 0 bridgehead atoms. The molecule has 3 nitrogen and oxygen atoms in total. The molecular formula is C12H16Cl2N2O. The molecule has 1 aromatic carbocycles. The number of benzene rings is 1. The van der Waals surface area contributed by atoms with Crippen LogP contribution in [-0.4, -0.2) is 29.9 Å². The number of nitrogens with zero attached hydrogens (tertiary/aromatic N) is 1. The third-order valence-corrected chi connectivity index (χ3v) is 3.16. The molecule has 2 N–H and O–H groups in total. The molecule has 0 unspecified atom stereocenters. The average molecular weight is 275 g/mol. The molecule has 0 fully saturated rings. The van der Waals surface area contributed by atoms with Crippen LogP contribution in [0.3, 0.4) is 0 Å². The third-order valence-electron chi connectivity index (χ3n) is 2.42. The summed E-state index contributed by atoms with van der Waals surface area (Å²) in [7, 11) is 0. The number of hydrogen-bond donors (Lipinski definition) is 1. The number of rotatable bonds is 4. The lowest BCUT2D eigenvalue weighted by Gasteiger charge is -2.26. The van der Waals surface area contributed by atoms with Crippen LogP contribution in [0, 0.1) is 0 Å². The average Bonchev–Trinajstić information content (AvgIpc) is 2.28. The van der Waals surface area contributed by atoms with E-state index in [9.17, 15) is 4.79 Å². The summed E-state index contributed by atoms with van der Waals surface area (Å²) < 4.78 is 0. The van der Waals surface area contributed by atoms with Crippen LogP contribution in [0.4, 0.5) is 0 Å². The van der Waals surface area contributed by atoms with Crippen molar-refractivity contribution in [2.75, 3.05) is 13.1 Å². The molecule has 5 heteroatoms. The van der Waals surface area contributed by atoms with Gasteiger partial charge in [-0.05, 0) is 32.0 Å². The van der Waals surface area contributed by atoms with Crippen LogP contribution in [0.5, 0.6) is 0 Å². The fourth-order valence-electron chi connectivity index (χ4n) is 1.53. The van der Waals surface area contributed by atoms with Crippen LogP contribution in [0.1, 0.15) is 24.2 Å². The summed E-state index contributed by atoms with van der Waals surface area (Å²) in [5, 5.41) is 0.826. The highest BCUT2D eigenvalue weighted by molar-refractivity contribution is 6.42. The standard InChI is InChI=1S/C12H16Cl2N2O/c1-8(2)16(6-5-15)12(17)9-3-4-10(13)11(14)7-9/h3-4,7-8H,5-6,15H2,1-2H3. The third kappa shape index (κ3) is 3.60. The Labute approximate surface area is 111 Å². The van der Waals surface area contributed by atoms with Crippen molar-refractivity contribution in [2.45, 2.75) is 19.9 Å². The summed E-state index contributed by atoms with van der Waals surface area (Å²) >= 11 is 11.7. The van der Waals surface area contributed by atoms with Gasteiger partial charge in [0.05, 0.1) is 10.0 Å². The van der Waals surface area contributed by atoms with Crippen molar-refractivity contribution in [3.8, 4) is 0 Å². The Morgan fingerprint density at radius 1 is 1.35 bits per heavy atom. The Morgan fingerprint density at radius 3 is 2.47 bits per heavy atom. The van der Waals surface area contributed by atoms with Crippen LogP contribution in [-0.2, 0) is 0 Å². The Hall–Kier alpha value is -0.770. The molecule has 94 valence electrons. The molecule has 0 spiro atoms. The number of halogens is 2. The summed E-state index contributed by atoms with van der Waals surface area (Å²) in [6.07, 6.45) is 0. The summed E-state index contributed by atoms with van der Waals surface area (Å²) in [4.78, 5) is 13.9. The SMILES string of the molecule is CC(C)N(CCN)C(=O)c1ccc(Cl)c(Cl)c1. The van der Waals surface area contributed by atoms with Crippen LogP contribution in [0.25, 0.3) is 0 Å². The second kappa shape index (κ2) is 6.24. The zero-order valence-corrected chi connectivity index (χ0v) is 11.4. The smallest absolute Gasteiger partial charge is 0.254 e. The van der Waals surface area contributed by atoms with E-state index in [1.54, 1.807) is 23.1 Å². The van der Waals surface area contributed by atoms with Crippen LogP contribution < -0.4 is 5.73 Å². The molecule has 1 amide bonds. The summed E-state index contributed by atoms with van der Waals surface area (Å²) in [6.45, 7) is 4.86. The maximum atomic E-state index is 12.2. The molecule has 0 aliphatic rings. The minimum atomic E-state index is -0.0796. The Bertz CT molecular complexity index is 407. The topological polar surface area (TPSA) is 46.3 Å². The van der Waals surface area contributed by atoms with E-state index >= 15 is 0 Å². The van der Waals surface area contributed by atoms with Gasteiger partial charge in [-0.1, -0.05) is 23.2 Å². The quantitative estimate of drug-likeness (QED) is 0.918. The van der Waals surface area contributed by atoms with Gasteiger partial charge in [0.1, 0.15) is 0 Å². The lowest BCUT2D eigenvalue weighted by atomic mass is 10.1. The van der Waals surface area contributed by atoms with Gasteiger partial charge in [-0.15, -0.1) is 0 Å². The predicted octanol–water partition coefficient (Wildman–Crippen LogP) is 2.80. The molecule has 0 heterocycles. The van der Waals surface area contributed by atoms with Crippen molar-refractivity contribution in [1.29, 1.82) is 0 Å². The second-order valence-corrected chi connectivity index (χ2v) is 4.82. The molecule has 17 heavy (non-hydrogen) atoms. The summed E-state index contributed by atoms with van der Waals surface area (Å²) in [6, 6.07) is 4.97. The first-order chi connectivity index (χ1) is 7.97. The minimum absolute atomic E-state index is 0.0796. The van der Waals surface area contributed by atoms with E-state index in [2.05, 4.69) is 0 Å². The van der Waals surface area contributed by atoms with Crippen LogP contribution in [0.2, 0.25) is 10.0 Å². The monoisotopic (exact) mass is 274 g/mol. The van der Waals surface area contributed by atoms with Gasteiger partial charge in [-0.25, -0.2) is 0 Å². The highest BCUT2D eigenvalue weighted by atomic mass is 35.5. The normalized spacial score (nSPS) is 10.7. The van der Waals surface area contributed by atoms with E-state index in [0.717, 1.165) is 0 Å². The van der Waals surface area contributed by atoms with E-state index in [1.165, 1.54) is 0 Å². The van der Waals surface area contributed by atoms with E-state index in [1.807, 2.05) is 13.8 Å². The van der Waals surface area contributed by atoms with E-state index in [-0.39, 0.29) is 11.9 Å². The first-order valence-electron chi connectivity index (χ1n) is 5.43. The van der Waals surface area contributed by atoms with Gasteiger partial charge < -0.3 is 10.6 Å². The molecule has 0 aliphatic heterocycles. The van der Waals surface area contributed by atoms with Gasteiger partial charge in [0.15, 0.2) is 0 Å². The fraction of sp³-hybridized carbons (Fsp3) is 0.417. The maximum Gasteiger partial charge on any atom is 0.254 e. The summed E-state index contributed by atoms with van der Waals surface area (Å²) in [5.41, 5.74) is 6.03. The first-order valence-corrected chi connectivity index (χ1v) is 6.19. The lowest BCUT2D eigenvalue weighted by molar-refractivity contribution is 0.0712. The van der Waals surface area contributed by atoms with Gasteiger partial charge in [-0.3, -0.25) is 4.79 Å². The van der Waals surface area contributed by atoms with Gasteiger partial charge in [0, 0.05) is 24.7 Å². The number of carbonyl (C=O) groups excluding carboxylic acids is 1. The molecule has 0 saturated carbocycles. The van der Waals surface area contributed by atoms with E-state index in [0.29, 0.717) is 28.7 Å². The largest absolute Gasteiger partial charge is 0.335 e. The van der Waals surface area contributed by atoms with Crippen LogP contribution >= 0.6 is 23.2 Å². The zero-order valence-electron chi connectivity index (χ0n) is 9.91. The van der Waals surface area contributed by atoms with Crippen molar-refractivity contribution in [3.63, 3.8) is 0 Å². The van der Waals surface area contributed by atoms with Crippen molar-refractivity contribution >= 4 is 29.1 Å². The molecule has 1 rings (SSSR count). The number of nitrogens with two attached hydrogens (primary N) is 1. The summed E-state index contributed by atoms with van der Waals surface area (Å²) in [5.74, 6) is -0.0796. The number of hydrogen-bond acceptors (Lipinski definition) is 2. The molecule has 0 aliphatic carbocycles. The van der Waals surface area contributed by atoms with Crippen molar-refractivity contribution in [1.82, 2.24) is 4.90 Å². The maximum absolute atomic E-state index is 12.2. The first kappa shape index (κ1) is 14.3. The molecule has 0 aromatic heterocycles. The van der Waals surface area contributed by atoms with Crippen molar-refractivity contribution < 1.29 is 4.79 Å². The molecule has 1 aromatic rings. The van der Waals surface area contributed by atoms with Crippen molar-refractivity contribution in [3.05, 3.63) is 33.8 Å². The highest BCUT2D eigenvalue weighted by Crippen LogP contribution is 2.23. The second-order valence-electron chi connectivity index (χ2n) is 4.01. The Kier molecular flexibility index (Phi) is 5.25. The zero-order chi connectivity index (χ0) is 13.0. The van der Waals surface area contributed by atoms with Crippen molar-refractivity contribution in [2.24, 2.45) is 5.73 Å². The number of amides is 1. The van der Waals surface area contributed by atoms with Gasteiger partial charge in [0.25, 0.3) is 5.91 Å². The number of carbonyl (C=O) groups is 1. The Balaban J connectivity index is 2.97. The molecule has 0 radical (unpaired) electrons. The Morgan fingerprint density at radius 2 is 2.00 bits per heavy atom. The van der Waals surface area contributed by atoms with E-state index < -0.39 is 0 Å². The van der Waals surface area contributed by atoms with Gasteiger partial charge >= 0.3 is 0 Å². The lowest BCUT2D eigenvalue weighted by Crippen LogP contribution is -2.40. The molecule has 0 atom stereocenters. The van der Waals surface area contributed by atoms with Crippen LogP contribution in [0.15, 0.2) is 18.2 Å². The van der Waals surface area contributed by atoms with E-state index in [4.69, 9.17) is 28.9 Å². The van der Waals surface area contributed by atoms with Gasteiger partial charge in [0.2, 0.25) is 0 Å². The fourth-order valence-corrected chi connectivity index (χ4v) is 1.83. The predicted molar refractivity (Wildman–Crippen MR) is 71.7 cm³/mol. The molecular weight excluding hydrogens is 259 g/mol. The molecule has 0 saturated heterocycles. The minimum Gasteiger partial charge on any atom is -0.335 e. The van der Waals surface area contributed by atoms with Gasteiger partial charge in [-0.2, -0.15) is 0 Å².